The summed E-state index contributed by atoms with van der Waals surface area (Å²) < 4.78 is 0. The summed E-state index contributed by atoms with van der Waals surface area (Å²) in [4.78, 5) is 0. The third-order valence-corrected chi connectivity index (χ3v) is 7.19. The van der Waals surface area contributed by atoms with Gasteiger partial charge in [-0.15, -0.1) is 0 Å². The number of nitrogens with zero attached hydrogens (tertiary/aromatic N) is 4. The predicted molar refractivity (Wildman–Crippen MR) is 171 cm³/mol. The Morgan fingerprint density at radius 2 is 0.905 bits per heavy atom. The van der Waals surface area contributed by atoms with Crippen LogP contribution in [0.5, 0.6) is 0 Å². The van der Waals surface area contributed by atoms with E-state index in [1.807, 2.05) is 48.5 Å². The van der Waals surface area contributed by atoms with E-state index < -0.39 is 0 Å². The minimum absolute atomic E-state index is 0.607. The van der Waals surface area contributed by atoms with Crippen molar-refractivity contribution in [2.24, 2.45) is 10.2 Å². The molecule has 0 spiro atoms. The Balaban J connectivity index is 1.39. The summed E-state index contributed by atoms with van der Waals surface area (Å²) >= 11 is 0. The van der Waals surface area contributed by atoms with Gasteiger partial charge in [0, 0.05) is 24.0 Å². The van der Waals surface area contributed by atoms with Gasteiger partial charge in [0.2, 0.25) is 0 Å². The number of rotatable bonds is 9. The van der Waals surface area contributed by atoms with Crippen LogP contribution < -0.4 is 0 Å². The molecule has 0 saturated carbocycles. The number of nitrogens with one attached hydrogen (secondary N) is 2. The number of aromatic amines is 2. The fourth-order valence-electron chi connectivity index (χ4n) is 4.75. The molecule has 2 aromatic heterocycles. The van der Waals surface area contributed by atoms with Gasteiger partial charge in [-0.25, -0.2) is 0 Å². The van der Waals surface area contributed by atoms with Crippen molar-refractivity contribution in [3.63, 3.8) is 0 Å². The van der Waals surface area contributed by atoms with E-state index in [9.17, 15) is 0 Å². The summed E-state index contributed by atoms with van der Waals surface area (Å²) in [6.45, 7) is 4.16. The number of benzene rings is 4. The fourth-order valence-corrected chi connectivity index (χ4v) is 4.75. The van der Waals surface area contributed by atoms with Crippen molar-refractivity contribution in [2.75, 3.05) is 0 Å². The normalized spacial score (nSPS) is 12.0. The van der Waals surface area contributed by atoms with Gasteiger partial charge in [0.25, 0.3) is 0 Å². The van der Waals surface area contributed by atoms with Crippen LogP contribution in [0.3, 0.4) is 0 Å². The van der Waals surface area contributed by atoms with Crippen molar-refractivity contribution in [3.8, 4) is 22.5 Å². The first-order valence-corrected chi connectivity index (χ1v) is 14.1. The molecule has 6 rings (SSSR count). The molecule has 6 heteroatoms. The molecule has 206 valence electrons. The van der Waals surface area contributed by atoms with E-state index in [4.69, 9.17) is 10.2 Å². The second-order valence-corrected chi connectivity index (χ2v) is 10.5. The highest BCUT2D eigenvalue weighted by molar-refractivity contribution is 6.04. The monoisotopic (exact) mass is 548 g/mol. The van der Waals surface area contributed by atoms with Gasteiger partial charge >= 0.3 is 0 Å². The molecule has 0 radical (unpaired) electrons. The average Bonchev–Trinajstić information content (AvgIpc) is 3.72. The van der Waals surface area contributed by atoms with Gasteiger partial charge in [-0.2, -0.15) is 20.4 Å². The Labute approximate surface area is 245 Å². The molecule has 0 aliphatic carbocycles. The highest BCUT2D eigenvalue weighted by Crippen LogP contribution is 2.21. The highest BCUT2D eigenvalue weighted by Gasteiger charge is 2.14. The zero-order valence-electron chi connectivity index (χ0n) is 23.8. The van der Waals surface area contributed by atoms with E-state index in [2.05, 4.69) is 107 Å². The van der Waals surface area contributed by atoms with Gasteiger partial charge in [-0.1, -0.05) is 120 Å². The van der Waals surface area contributed by atoms with Crippen LogP contribution in [0.2, 0.25) is 0 Å². The Kier molecular flexibility index (Phi) is 7.95. The second kappa shape index (κ2) is 12.4. The molecule has 0 aliphatic heterocycles. The summed E-state index contributed by atoms with van der Waals surface area (Å²) in [7, 11) is 0. The van der Waals surface area contributed by atoms with Gasteiger partial charge in [0.1, 0.15) is 0 Å². The van der Waals surface area contributed by atoms with Gasteiger partial charge in [-0.3, -0.25) is 10.2 Å². The average molecular weight is 549 g/mol. The van der Waals surface area contributed by atoms with Crippen LogP contribution in [0.25, 0.3) is 22.5 Å². The lowest BCUT2D eigenvalue weighted by Gasteiger charge is -2.06. The molecule has 0 atom stereocenters. The Hall–Kier alpha value is -5.36. The molecule has 0 aliphatic rings. The zero-order chi connectivity index (χ0) is 28.7. The summed E-state index contributed by atoms with van der Waals surface area (Å²) in [5, 5.41) is 25.4. The van der Waals surface area contributed by atoms with Gasteiger partial charge < -0.3 is 0 Å². The molecule has 2 heterocycles. The largest absolute Gasteiger partial charge is 0.276 e. The molecule has 0 fully saturated rings. The van der Waals surface area contributed by atoms with Gasteiger partial charge in [0.15, 0.2) is 0 Å². The SMILES string of the molecule is Cc1ccc(-c2cc(/C(Cc3ccccc3)=N/N=C(\Cc3ccccc3)c3cc(-c4ccc(C)cc4)n[nH]3)[nH]n2)cc1. The molecule has 0 amide bonds. The van der Waals surface area contributed by atoms with Crippen molar-refractivity contribution in [3.05, 3.63) is 155 Å². The lowest BCUT2D eigenvalue weighted by atomic mass is 10.0. The molecule has 4 aromatic carbocycles. The fraction of sp³-hybridized carbons (Fsp3) is 0.111. The minimum atomic E-state index is 0.607. The lowest BCUT2D eigenvalue weighted by Crippen LogP contribution is -2.09. The highest BCUT2D eigenvalue weighted by atomic mass is 15.2. The van der Waals surface area contributed by atoms with E-state index in [1.54, 1.807) is 0 Å². The van der Waals surface area contributed by atoms with Crippen LogP contribution in [0.4, 0.5) is 0 Å². The maximum Gasteiger partial charge on any atom is 0.0927 e. The quantitative estimate of drug-likeness (QED) is 0.143. The zero-order valence-corrected chi connectivity index (χ0v) is 23.8. The lowest BCUT2D eigenvalue weighted by molar-refractivity contribution is 1.05. The van der Waals surface area contributed by atoms with Crippen molar-refractivity contribution in [1.82, 2.24) is 20.4 Å². The summed E-state index contributed by atoms with van der Waals surface area (Å²) in [5.74, 6) is 0. The molecule has 6 aromatic rings. The van der Waals surface area contributed by atoms with Crippen LogP contribution in [0.15, 0.2) is 132 Å². The molecule has 42 heavy (non-hydrogen) atoms. The Morgan fingerprint density at radius 3 is 1.29 bits per heavy atom. The molecular weight excluding hydrogens is 516 g/mol. The molecule has 6 nitrogen and oxygen atoms in total. The first kappa shape index (κ1) is 26.8. The van der Waals surface area contributed by atoms with Crippen LogP contribution in [0.1, 0.15) is 33.6 Å². The number of hydrogen-bond acceptors (Lipinski definition) is 4. The number of hydrogen-bond donors (Lipinski definition) is 2. The molecule has 0 saturated heterocycles. The Morgan fingerprint density at radius 1 is 0.524 bits per heavy atom. The van der Waals surface area contributed by atoms with Crippen LogP contribution in [-0.2, 0) is 12.8 Å². The molecule has 0 bridgehead atoms. The van der Waals surface area contributed by atoms with E-state index in [0.29, 0.717) is 12.8 Å². The van der Waals surface area contributed by atoms with Crippen molar-refractivity contribution < 1.29 is 0 Å². The third-order valence-electron chi connectivity index (χ3n) is 7.19. The van der Waals surface area contributed by atoms with Crippen molar-refractivity contribution in [1.29, 1.82) is 0 Å². The predicted octanol–water partition coefficient (Wildman–Crippen LogP) is 7.76. The summed E-state index contributed by atoms with van der Waals surface area (Å²) in [6.07, 6.45) is 1.21. The topological polar surface area (TPSA) is 82.1 Å². The molecular formula is C36H32N6. The van der Waals surface area contributed by atoms with Gasteiger partial charge in [0.05, 0.1) is 34.2 Å². The summed E-state index contributed by atoms with van der Waals surface area (Å²) in [5.41, 5.74) is 11.8. The van der Waals surface area contributed by atoms with E-state index >= 15 is 0 Å². The Bertz CT molecular complexity index is 1670. The minimum Gasteiger partial charge on any atom is -0.276 e. The second-order valence-electron chi connectivity index (χ2n) is 10.5. The van der Waals surface area contributed by atoms with E-state index in [-0.39, 0.29) is 0 Å². The van der Waals surface area contributed by atoms with Crippen molar-refractivity contribution >= 4 is 11.4 Å². The van der Waals surface area contributed by atoms with Crippen LogP contribution in [-0.4, -0.2) is 31.8 Å². The first-order valence-electron chi connectivity index (χ1n) is 14.1. The third kappa shape index (κ3) is 6.50. The number of aromatic nitrogens is 4. The number of H-pyrrole nitrogens is 2. The molecule has 0 unspecified atom stereocenters. The maximum atomic E-state index is 4.86. The standard InChI is InChI=1S/C36H32N6/c1-25-13-17-29(18-14-25)31-23-35(41-37-31)33(21-27-9-5-3-6-10-27)39-40-34(22-28-11-7-4-8-12-28)36-24-32(38-42-36)30-19-15-26(2)16-20-30/h3-20,23-24H,21-22H2,1-2H3,(H,37,41)(H,38,42)/b39-33+,40-34+. The number of aryl methyl sites for hydroxylation is 2. The van der Waals surface area contributed by atoms with Crippen LogP contribution >= 0.6 is 0 Å². The smallest absolute Gasteiger partial charge is 0.0927 e. The maximum absolute atomic E-state index is 4.86. The first-order chi connectivity index (χ1) is 20.6. The van der Waals surface area contributed by atoms with E-state index in [1.165, 1.54) is 11.1 Å². The van der Waals surface area contributed by atoms with Crippen LogP contribution in [0, 0.1) is 13.8 Å². The van der Waals surface area contributed by atoms with E-state index in [0.717, 1.165) is 56.5 Å². The summed E-state index contributed by atoms with van der Waals surface area (Å²) in [6, 6.07) is 41.4. The van der Waals surface area contributed by atoms with Crippen molar-refractivity contribution in [2.45, 2.75) is 26.7 Å². The molecule has 2 N–H and O–H groups in total. The van der Waals surface area contributed by atoms with Gasteiger partial charge in [-0.05, 0) is 37.1 Å².